The Morgan fingerprint density at radius 1 is 0.780 bits per heavy atom. The zero-order valence-corrected chi connectivity index (χ0v) is 30.8. The standard InChI is InChI=1S/C39H56N4O7/c1-9-26(4)32(33(44)39(8)24-49-39)43-36(47)31(23-28-18-14-11-15-19-28)41-35(46)30(22-25(2)3)40-34(45)29(42-37(48)50-38(5,6)7)21-20-27-16-12-10-13-17-27/h10-19,25-26,29-32H,9,20-24H2,1-8H3,(H,40,45)(H,41,46)(H,42,48)(H,43,47)/t26?,29-,30?,31-,32?,39?/m0/s1. The molecule has 0 radical (unpaired) electrons. The van der Waals surface area contributed by atoms with E-state index in [-0.39, 0.29) is 36.9 Å². The molecule has 6 atom stereocenters. The van der Waals surface area contributed by atoms with Gasteiger partial charge in [-0.15, -0.1) is 0 Å². The lowest BCUT2D eigenvalue weighted by molar-refractivity contribution is -0.135. The van der Waals surface area contributed by atoms with Gasteiger partial charge >= 0.3 is 6.09 Å². The lowest BCUT2D eigenvalue weighted by atomic mass is 9.89. The maximum Gasteiger partial charge on any atom is 0.408 e. The first-order chi connectivity index (χ1) is 23.5. The van der Waals surface area contributed by atoms with Gasteiger partial charge in [-0.2, -0.15) is 0 Å². The third-order valence-corrected chi connectivity index (χ3v) is 8.72. The molecule has 0 aliphatic carbocycles. The first kappa shape index (κ1) is 40.2. The van der Waals surface area contributed by atoms with Crippen molar-refractivity contribution >= 4 is 29.6 Å². The number of ether oxygens (including phenoxy) is 2. The van der Waals surface area contributed by atoms with E-state index < -0.39 is 59.2 Å². The topological polar surface area (TPSA) is 155 Å². The van der Waals surface area contributed by atoms with E-state index in [4.69, 9.17) is 9.47 Å². The van der Waals surface area contributed by atoms with Crippen molar-refractivity contribution in [3.8, 4) is 0 Å². The molecule has 4 unspecified atom stereocenters. The summed E-state index contributed by atoms with van der Waals surface area (Å²) in [5, 5.41) is 11.3. The fraction of sp³-hybridized carbons (Fsp3) is 0.564. The predicted octanol–water partition coefficient (Wildman–Crippen LogP) is 4.66. The molecular formula is C39H56N4O7. The van der Waals surface area contributed by atoms with Gasteiger partial charge < -0.3 is 30.7 Å². The molecule has 3 rings (SSSR count). The molecule has 2 aromatic rings. The van der Waals surface area contributed by atoms with Gasteiger partial charge in [0.1, 0.15) is 29.3 Å². The van der Waals surface area contributed by atoms with E-state index in [1.807, 2.05) is 88.4 Å². The number of amides is 4. The number of carbonyl (C=O) groups excluding carboxylic acids is 5. The van der Waals surface area contributed by atoms with Crippen molar-refractivity contribution in [1.29, 1.82) is 0 Å². The minimum Gasteiger partial charge on any atom is -0.444 e. The molecule has 1 fully saturated rings. The van der Waals surface area contributed by atoms with E-state index >= 15 is 0 Å². The first-order valence-corrected chi connectivity index (χ1v) is 17.7. The Hall–Kier alpha value is -4.25. The number of benzene rings is 2. The van der Waals surface area contributed by atoms with Crippen LogP contribution in [-0.4, -0.2) is 71.6 Å². The number of rotatable bonds is 18. The van der Waals surface area contributed by atoms with Crippen molar-refractivity contribution in [3.63, 3.8) is 0 Å². The van der Waals surface area contributed by atoms with Crippen molar-refractivity contribution < 1.29 is 33.4 Å². The summed E-state index contributed by atoms with van der Waals surface area (Å²) in [6, 6.07) is 15.0. The molecule has 1 saturated heterocycles. The molecular weight excluding hydrogens is 636 g/mol. The number of aryl methyl sites for hydroxylation is 1. The summed E-state index contributed by atoms with van der Waals surface area (Å²) >= 11 is 0. The summed E-state index contributed by atoms with van der Waals surface area (Å²) in [6.45, 7) is 14.9. The van der Waals surface area contributed by atoms with Gasteiger partial charge in [0.15, 0.2) is 5.78 Å². The molecule has 50 heavy (non-hydrogen) atoms. The van der Waals surface area contributed by atoms with E-state index in [2.05, 4.69) is 21.3 Å². The first-order valence-electron chi connectivity index (χ1n) is 17.7. The van der Waals surface area contributed by atoms with Crippen molar-refractivity contribution in [1.82, 2.24) is 21.3 Å². The van der Waals surface area contributed by atoms with Crippen molar-refractivity contribution in [2.24, 2.45) is 11.8 Å². The average molecular weight is 693 g/mol. The highest BCUT2D eigenvalue weighted by atomic mass is 16.6. The second kappa shape index (κ2) is 18.1. The Balaban J connectivity index is 1.84. The monoisotopic (exact) mass is 692 g/mol. The van der Waals surface area contributed by atoms with E-state index in [0.29, 0.717) is 19.4 Å². The fourth-order valence-electron chi connectivity index (χ4n) is 5.52. The minimum atomic E-state index is -1.04. The Morgan fingerprint density at radius 3 is 1.82 bits per heavy atom. The lowest BCUT2D eigenvalue weighted by Gasteiger charge is -2.29. The second-order valence-electron chi connectivity index (χ2n) is 14.9. The molecule has 2 aromatic carbocycles. The van der Waals surface area contributed by atoms with Gasteiger partial charge in [0.05, 0.1) is 12.6 Å². The van der Waals surface area contributed by atoms with Gasteiger partial charge in [0.25, 0.3) is 0 Å². The zero-order chi connectivity index (χ0) is 37.1. The predicted molar refractivity (Wildman–Crippen MR) is 192 cm³/mol. The molecule has 0 bridgehead atoms. The third kappa shape index (κ3) is 12.9. The highest BCUT2D eigenvalue weighted by Gasteiger charge is 2.51. The number of Topliss-reactive ketones (excluding diaryl/α,β-unsaturated/α-hetero) is 1. The molecule has 11 heteroatoms. The number of hydrogen-bond acceptors (Lipinski definition) is 7. The molecule has 11 nitrogen and oxygen atoms in total. The Labute approximate surface area is 297 Å². The van der Waals surface area contributed by atoms with Crippen LogP contribution in [0.4, 0.5) is 4.79 Å². The molecule has 1 heterocycles. The quantitative estimate of drug-likeness (QED) is 0.166. The van der Waals surface area contributed by atoms with Crippen LogP contribution in [0.1, 0.15) is 85.8 Å². The van der Waals surface area contributed by atoms with E-state index in [9.17, 15) is 24.0 Å². The summed E-state index contributed by atoms with van der Waals surface area (Å²) in [6.07, 6.45) is 1.10. The van der Waals surface area contributed by atoms with Crippen LogP contribution in [0, 0.1) is 11.8 Å². The van der Waals surface area contributed by atoms with Gasteiger partial charge in [-0.05, 0) is 69.9 Å². The molecule has 4 amide bonds. The normalized spacial score (nSPS) is 18.5. The lowest BCUT2D eigenvalue weighted by Crippen LogP contribution is -2.59. The Bertz CT molecular complexity index is 1440. The van der Waals surface area contributed by atoms with Crippen LogP contribution in [0.2, 0.25) is 0 Å². The summed E-state index contributed by atoms with van der Waals surface area (Å²) in [7, 11) is 0. The highest BCUT2D eigenvalue weighted by Crippen LogP contribution is 2.30. The SMILES string of the molecule is CCC(C)C(NC(=O)[C@H](Cc1ccccc1)NC(=O)C(CC(C)C)NC(=O)[C@H](CCc1ccccc1)NC(=O)OC(C)(C)C)C(=O)C1(C)CO1. The van der Waals surface area contributed by atoms with Crippen LogP contribution >= 0.6 is 0 Å². The highest BCUT2D eigenvalue weighted by molar-refractivity contribution is 5.99. The largest absolute Gasteiger partial charge is 0.444 e. The van der Waals surface area contributed by atoms with Gasteiger partial charge in [-0.1, -0.05) is 94.8 Å². The molecule has 0 saturated carbocycles. The number of nitrogens with one attached hydrogen (secondary N) is 4. The van der Waals surface area contributed by atoms with Crippen LogP contribution in [0.3, 0.4) is 0 Å². The smallest absolute Gasteiger partial charge is 0.408 e. The maximum atomic E-state index is 14.0. The maximum absolute atomic E-state index is 14.0. The van der Waals surface area contributed by atoms with E-state index in [1.165, 1.54) is 0 Å². The van der Waals surface area contributed by atoms with Crippen LogP contribution in [0.5, 0.6) is 0 Å². The minimum absolute atomic E-state index is 0.000671. The second-order valence-corrected chi connectivity index (χ2v) is 14.9. The van der Waals surface area contributed by atoms with Gasteiger partial charge in [-0.25, -0.2) is 4.79 Å². The number of ketones is 1. The zero-order valence-electron chi connectivity index (χ0n) is 30.8. The molecule has 1 aliphatic heterocycles. The van der Waals surface area contributed by atoms with Gasteiger partial charge in [0, 0.05) is 6.42 Å². The van der Waals surface area contributed by atoms with Crippen LogP contribution in [0.15, 0.2) is 60.7 Å². The Kier molecular flexibility index (Phi) is 14.6. The van der Waals surface area contributed by atoms with E-state index in [1.54, 1.807) is 27.7 Å². The summed E-state index contributed by atoms with van der Waals surface area (Å²) in [5.41, 5.74) is 0.0834. The summed E-state index contributed by atoms with van der Waals surface area (Å²) < 4.78 is 10.8. The third-order valence-electron chi connectivity index (χ3n) is 8.72. The molecule has 274 valence electrons. The molecule has 0 aromatic heterocycles. The average Bonchev–Trinajstić information content (AvgIpc) is 3.82. The van der Waals surface area contributed by atoms with Crippen LogP contribution < -0.4 is 21.3 Å². The summed E-state index contributed by atoms with van der Waals surface area (Å²) in [5.74, 6) is -1.97. The number of alkyl carbamates (subject to hydrolysis) is 1. The van der Waals surface area contributed by atoms with Crippen LogP contribution in [-0.2, 0) is 41.5 Å². The van der Waals surface area contributed by atoms with Crippen molar-refractivity contribution in [2.75, 3.05) is 6.61 Å². The Morgan fingerprint density at radius 2 is 1.30 bits per heavy atom. The number of epoxide rings is 1. The van der Waals surface area contributed by atoms with E-state index in [0.717, 1.165) is 11.1 Å². The number of hydrogen-bond donors (Lipinski definition) is 4. The van der Waals surface area contributed by atoms with Crippen molar-refractivity contribution in [2.45, 2.75) is 123 Å². The molecule has 4 N–H and O–H groups in total. The van der Waals surface area contributed by atoms with Gasteiger partial charge in [0.2, 0.25) is 17.7 Å². The number of carbonyl (C=O) groups is 5. The van der Waals surface area contributed by atoms with Gasteiger partial charge in [-0.3, -0.25) is 19.2 Å². The summed E-state index contributed by atoms with van der Waals surface area (Å²) in [4.78, 5) is 67.9. The molecule has 0 spiro atoms. The molecule has 1 aliphatic rings. The van der Waals surface area contributed by atoms with Crippen LogP contribution in [0.25, 0.3) is 0 Å². The fourth-order valence-corrected chi connectivity index (χ4v) is 5.52. The van der Waals surface area contributed by atoms with Crippen molar-refractivity contribution in [3.05, 3.63) is 71.8 Å².